The van der Waals surface area contributed by atoms with E-state index in [-0.39, 0.29) is 0 Å². The molecule has 1 aromatic carbocycles. The van der Waals surface area contributed by atoms with Crippen LogP contribution in [0.1, 0.15) is 12.8 Å². The maximum absolute atomic E-state index is 10.9. The van der Waals surface area contributed by atoms with Gasteiger partial charge in [-0.05, 0) is 12.1 Å². The van der Waals surface area contributed by atoms with E-state index < -0.39 is 11.6 Å². The Morgan fingerprint density at radius 2 is 1.93 bits per heavy atom. The Bertz CT molecular complexity index is 382. The van der Waals surface area contributed by atoms with Crippen molar-refractivity contribution in [1.82, 2.24) is 0 Å². The maximum Gasteiger partial charge on any atom is 0.348 e. The van der Waals surface area contributed by atoms with Crippen LogP contribution in [0.25, 0.3) is 0 Å². The number of benzene rings is 1. The van der Waals surface area contributed by atoms with E-state index in [2.05, 4.69) is 0 Å². The highest BCUT2D eigenvalue weighted by atomic mass is 16.6. The Labute approximate surface area is 87.4 Å². The van der Waals surface area contributed by atoms with Crippen molar-refractivity contribution in [1.29, 1.82) is 0 Å². The summed E-state index contributed by atoms with van der Waals surface area (Å²) in [5, 5.41) is 8.96. The van der Waals surface area contributed by atoms with E-state index in [0.717, 1.165) is 0 Å². The summed E-state index contributed by atoms with van der Waals surface area (Å²) in [5.41, 5.74) is -1.02. The van der Waals surface area contributed by atoms with Crippen molar-refractivity contribution >= 4 is 5.97 Å². The first-order chi connectivity index (χ1) is 7.18. The van der Waals surface area contributed by atoms with Crippen molar-refractivity contribution in [3.8, 4) is 11.5 Å². The van der Waals surface area contributed by atoms with Gasteiger partial charge in [-0.2, -0.15) is 0 Å². The van der Waals surface area contributed by atoms with Gasteiger partial charge < -0.3 is 14.6 Å². The van der Waals surface area contributed by atoms with Crippen molar-refractivity contribution in [3.05, 3.63) is 24.3 Å². The summed E-state index contributed by atoms with van der Waals surface area (Å²) in [6.07, 6.45) is 1.11. The summed E-state index contributed by atoms with van der Waals surface area (Å²) in [6, 6.07) is 7.05. The zero-order valence-electron chi connectivity index (χ0n) is 8.40. The molecule has 0 aromatic heterocycles. The number of carboxylic acids is 1. The van der Waals surface area contributed by atoms with Crippen LogP contribution in [0.15, 0.2) is 24.3 Å². The van der Waals surface area contributed by atoms with Crippen LogP contribution in [-0.4, -0.2) is 23.8 Å². The van der Waals surface area contributed by atoms with Gasteiger partial charge in [-0.25, -0.2) is 4.79 Å². The minimum Gasteiger partial charge on any atom is -0.493 e. The fraction of sp³-hybridized carbons (Fsp3) is 0.364. The summed E-state index contributed by atoms with van der Waals surface area (Å²) in [7, 11) is 1.53. The highest BCUT2D eigenvalue weighted by Crippen LogP contribution is 2.42. The first-order valence-corrected chi connectivity index (χ1v) is 4.73. The van der Waals surface area contributed by atoms with Gasteiger partial charge in [-0.1, -0.05) is 12.1 Å². The van der Waals surface area contributed by atoms with Crippen LogP contribution < -0.4 is 9.47 Å². The lowest BCUT2D eigenvalue weighted by Gasteiger charge is -2.15. The third kappa shape index (κ3) is 1.75. The van der Waals surface area contributed by atoms with Gasteiger partial charge in [0.15, 0.2) is 11.5 Å². The lowest BCUT2D eigenvalue weighted by Crippen LogP contribution is -2.29. The number of hydrogen-bond acceptors (Lipinski definition) is 3. The highest BCUT2D eigenvalue weighted by molar-refractivity contribution is 5.81. The van der Waals surface area contributed by atoms with Gasteiger partial charge in [0.05, 0.1) is 7.11 Å². The minimum atomic E-state index is -1.02. The minimum absolute atomic E-state index is 0.486. The number of carbonyl (C=O) groups is 1. The predicted molar refractivity (Wildman–Crippen MR) is 53.2 cm³/mol. The molecule has 0 amide bonds. The van der Waals surface area contributed by atoms with Crippen LogP contribution >= 0.6 is 0 Å². The van der Waals surface area contributed by atoms with Crippen molar-refractivity contribution in [3.63, 3.8) is 0 Å². The van der Waals surface area contributed by atoms with Crippen LogP contribution in [-0.2, 0) is 4.79 Å². The van der Waals surface area contributed by atoms with E-state index in [1.54, 1.807) is 18.2 Å². The molecule has 1 aliphatic rings. The van der Waals surface area contributed by atoms with Crippen LogP contribution in [0, 0.1) is 0 Å². The summed E-state index contributed by atoms with van der Waals surface area (Å²) < 4.78 is 10.6. The molecule has 0 heterocycles. The molecule has 0 bridgehead atoms. The SMILES string of the molecule is COc1ccccc1OC1(C(=O)O)CC1. The molecule has 1 aliphatic carbocycles. The van der Waals surface area contributed by atoms with Gasteiger partial charge in [0.2, 0.25) is 5.60 Å². The number of aliphatic carboxylic acids is 1. The average molecular weight is 208 g/mol. The zero-order chi connectivity index (χ0) is 10.9. The number of carboxylic acid groups (broad SMARTS) is 1. The number of ether oxygens (including phenoxy) is 2. The Morgan fingerprint density at radius 3 is 2.40 bits per heavy atom. The van der Waals surface area contributed by atoms with Gasteiger partial charge in [-0.3, -0.25) is 0 Å². The third-order valence-corrected chi connectivity index (χ3v) is 2.47. The van der Waals surface area contributed by atoms with Crippen molar-refractivity contribution in [2.45, 2.75) is 18.4 Å². The van der Waals surface area contributed by atoms with E-state index in [0.29, 0.717) is 24.3 Å². The standard InChI is InChI=1S/C11H12O4/c1-14-8-4-2-3-5-9(8)15-11(6-7-11)10(12)13/h2-5H,6-7H2,1H3,(H,12,13). The Kier molecular flexibility index (Phi) is 2.26. The molecular weight excluding hydrogens is 196 g/mol. The smallest absolute Gasteiger partial charge is 0.348 e. The number of hydrogen-bond donors (Lipinski definition) is 1. The fourth-order valence-electron chi connectivity index (χ4n) is 1.39. The van der Waals surface area contributed by atoms with E-state index in [1.165, 1.54) is 7.11 Å². The lowest BCUT2D eigenvalue weighted by atomic mass is 10.3. The molecule has 4 nitrogen and oxygen atoms in total. The Hall–Kier alpha value is -1.71. The van der Waals surface area contributed by atoms with Gasteiger partial charge in [0.25, 0.3) is 0 Å². The van der Waals surface area contributed by atoms with E-state index in [1.807, 2.05) is 6.07 Å². The molecule has 0 saturated heterocycles. The summed E-state index contributed by atoms with van der Waals surface area (Å²) >= 11 is 0. The monoisotopic (exact) mass is 208 g/mol. The van der Waals surface area contributed by atoms with Crippen molar-refractivity contribution in [2.24, 2.45) is 0 Å². The lowest BCUT2D eigenvalue weighted by molar-refractivity contribution is -0.147. The summed E-state index contributed by atoms with van der Waals surface area (Å²) in [5.74, 6) is 0.137. The first-order valence-electron chi connectivity index (χ1n) is 4.73. The molecule has 15 heavy (non-hydrogen) atoms. The van der Waals surface area contributed by atoms with Crippen molar-refractivity contribution < 1.29 is 19.4 Å². The van der Waals surface area contributed by atoms with Crippen molar-refractivity contribution in [2.75, 3.05) is 7.11 Å². The van der Waals surface area contributed by atoms with E-state index in [4.69, 9.17) is 14.6 Å². The Balaban J connectivity index is 2.21. The molecule has 0 spiro atoms. The molecule has 1 saturated carbocycles. The molecule has 2 rings (SSSR count). The zero-order valence-corrected chi connectivity index (χ0v) is 8.40. The highest BCUT2D eigenvalue weighted by Gasteiger charge is 2.53. The number of para-hydroxylation sites is 2. The Morgan fingerprint density at radius 1 is 1.33 bits per heavy atom. The van der Waals surface area contributed by atoms with Gasteiger partial charge in [0, 0.05) is 12.8 Å². The second-order valence-corrected chi connectivity index (χ2v) is 3.55. The van der Waals surface area contributed by atoms with Crippen LogP contribution in [0.5, 0.6) is 11.5 Å². The quantitative estimate of drug-likeness (QED) is 0.818. The molecule has 1 aromatic rings. The van der Waals surface area contributed by atoms with Gasteiger partial charge >= 0.3 is 5.97 Å². The summed E-state index contributed by atoms with van der Waals surface area (Å²) in [6.45, 7) is 0. The van der Waals surface area contributed by atoms with E-state index >= 15 is 0 Å². The number of rotatable bonds is 4. The van der Waals surface area contributed by atoms with Gasteiger partial charge in [-0.15, -0.1) is 0 Å². The fourth-order valence-corrected chi connectivity index (χ4v) is 1.39. The van der Waals surface area contributed by atoms with Crippen LogP contribution in [0.3, 0.4) is 0 Å². The topological polar surface area (TPSA) is 55.8 Å². The largest absolute Gasteiger partial charge is 0.493 e. The van der Waals surface area contributed by atoms with Crippen LogP contribution in [0.2, 0.25) is 0 Å². The molecule has 80 valence electrons. The molecule has 0 unspecified atom stereocenters. The van der Waals surface area contributed by atoms with Crippen LogP contribution in [0.4, 0.5) is 0 Å². The first kappa shape index (κ1) is 9.83. The average Bonchev–Trinajstić information content (AvgIpc) is 3.00. The second kappa shape index (κ2) is 3.46. The molecular formula is C11H12O4. The molecule has 4 heteroatoms. The summed E-state index contributed by atoms with van der Waals surface area (Å²) in [4.78, 5) is 10.9. The van der Waals surface area contributed by atoms with Gasteiger partial charge in [0.1, 0.15) is 0 Å². The molecule has 1 N–H and O–H groups in total. The normalized spacial score (nSPS) is 16.9. The molecule has 0 aliphatic heterocycles. The molecule has 0 radical (unpaired) electrons. The predicted octanol–water partition coefficient (Wildman–Crippen LogP) is 1.69. The molecule has 1 fully saturated rings. The third-order valence-electron chi connectivity index (χ3n) is 2.47. The molecule has 0 atom stereocenters. The maximum atomic E-state index is 10.9. The number of methoxy groups -OCH3 is 1. The second-order valence-electron chi connectivity index (χ2n) is 3.55. The van der Waals surface area contributed by atoms with E-state index in [9.17, 15) is 4.79 Å².